The summed E-state index contributed by atoms with van der Waals surface area (Å²) in [6.07, 6.45) is 4.68. The van der Waals surface area contributed by atoms with Crippen molar-refractivity contribution in [2.45, 2.75) is 39.2 Å². The van der Waals surface area contributed by atoms with E-state index in [0.717, 1.165) is 29.4 Å². The normalized spacial score (nSPS) is 11.4. The van der Waals surface area contributed by atoms with Crippen LogP contribution in [0.2, 0.25) is 0 Å². The maximum atomic E-state index is 13.3. The van der Waals surface area contributed by atoms with Crippen molar-refractivity contribution in [3.05, 3.63) is 83.7 Å². The third-order valence-electron chi connectivity index (χ3n) is 5.38. The molecule has 0 amide bonds. The Morgan fingerprint density at radius 3 is 2.39 bits per heavy atom. The molecule has 142 valence electrons. The smallest absolute Gasteiger partial charge is 0.195 e. The molecule has 2 nitrogen and oxygen atoms in total. The van der Waals surface area contributed by atoms with Crippen LogP contribution in [0.1, 0.15) is 48.5 Å². The standard InChI is InChI=1S/C25H24FNO/c1-2-3-4-7-17-27-23-12-6-5-9-20(23)21-10-8-11-22(24(21)27)25(28)18-13-15-19(26)16-14-18/h5-6,8-16H,2-4,7,17H2,1H3. The van der Waals surface area contributed by atoms with E-state index in [0.29, 0.717) is 11.1 Å². The number of aryl methyl sites for hydroxylation is 1. The van der Waals surface area contributed by atoms with Gasteiger partial charge in [0.25, 0.3) is 0 Å². The van der Waals surface area contributed by atoms with E-state index in [2.05, 4.69) is 29.7 Å². The van der Waals surface area contributed by atoms with Gasteiger partial charge < -0.3 is 4.57 Å². The molecule has 0 saturated heterocycles. The third-order valence-corrected chi connectivity index (χ3v) is 5.38. The van der Waals surface area contributed by atoms with Crippen LogP contribution in [0, 0.1) is 5.82 Å². The molecule has 1 heterocycles. The van der Waals surface area contributed by atoms with E-state index >= 15 is 0 Å². The zero-order valence-electron chi connectivity index (χ0n) is 16.1. The Balaban J connectivity index is 1.87. The Kier molecular flexibility index (Phi) is 5.25. The average Bonchev–Trinajstić information content (AvgIpc) is 3.05. The van der Waals surface area contributed by atoms with Gasteiger partial charge >= 0.3 is 0 Å². The molecular formula is C25H24FNO. The SMILES string of the molecule is CCCCCCn1c2ccccc2c2cccc(C(=O)c3ccc(F)cc3)c21. The first-order valence-corrected chi connectivity index (χ1v) is 10.0. The second-order valence-corrected chi connectivity index (χ2v) is 7.27. The topological polar surface area (TPSA) is 22.0 Å². The van der Waals surface area contributed by atoms with Crippen LogP contribution in [0.15, 0.2) is 66.7 Å². The summed E-state index contributed by atoms with van der Waals surface area (Å²) >= 11 is 0. The minimum atomic E-state index is -0.334. The molecule has 0 saturated carbocycles. The highest BCUT2D eigenvalue weighted by molar-refractivity contribution is 6.20. The van der Waals surface area contributed by atoms with Gasteiger partial charge in [0.05, 0.1) is 5.52 Å². The van der Waals surface area contributed by atoms with Crippen molar-refractivity contribution in [1.29, 1.82) is 0 Å². The monoisotopic (exact) mass is 373 g/mol. The highest BCUT2D eigenvalue weighted by atomic mass is 19.1. The summed E-state index contributed by atoms with van der Waals surface area (Å²) in [6.45, 7) is 3.09. The summed E-state index contributed by atoms with van der Waals surface area (Å²) in [5.41, 5.74) is 3.33. The van der Waals surface area contributed by atoms with Crippen LogP contribution in [-0.2, 0) is 6.54 Å². The van der Waals surface area contributed by atoms with Crippen LogP contribution in [0.5, 0.6) is 0 Å². The molecule has 4 rings (SSSR count). The first-order valence-electron chi connectivity index (χ1n) is 10.0. The van der Waals surface area contributed by atoms with E-state index in [-0.39, 0.29) is 11.6 Å². The van der Waals surface area contributed by atoms with Gasteiger partial charge in [-0.1, -0.05) is 56.5 Å². The first-order chi connectivity index (χ1) is 13.7. The van der Waals surface area contributed by atoms with Crippen LogP contribution in [0.4, 0.5) is 4.39 Å². The average molecular weight is 373 g/mol. The van der Waals surface area contributed by atoms with E-state index in [1.165, 1.54) is 36.8 Å². The fourth-order valence-corrected chi connectivity index (χ4v) is 3.98. The number of hydrogen-bond donors (Lipinski definition) is 0. The highest BCUT2D eigenvalue weighted by Crippen LogP contribution is 2.32. The lowest BCUT2D eigenvalue weighted by Gasteiger charge is -2.11. The molecule has 0 radical (unpaired) electrons. The van der Waals surface area contributed by atoms with Crippen molar-refractivity contribution in [3.8, 4) is 0 Å². The van der Waals surface area contributed by atoms with Gasteiger partial charge in [0.1, 0.15) is 5.82 Å². The quantitative estimate of drug-likeness (QED) is 0.259. The Morgan fingerprint density at radius 1 is 0.857 bits per heavy atom. The molecule has 28 heavy (non-hydrogen) atoms. The van der Waals surface area contributed by atoms with Crippen LogP contribution in [0.25, 0.3) is 21.8 Å². The Labute approximate surface area is 164 Å². The maximum Gasteiger partial charge on any atom is 0.195 e. The lowest BCUT2D eigenvalue weighted by molar-refractivity contribution is 0.104. The number of carbonyl (C=O) groups excluding carboxylic acids is 1. The van der Waals surface area contributed by atoms with E-state index in [1.807, 2.05) is 24.3 Å². The number of ketones is 1. The van der Waals surface area contributed by atoms with Crippen molar-refractivity contribution < 1.29 is 9.18 Å². The zero-order chi connectivity index (χ0) is 19.5. The molecule has 0 unspecified atom stereocenters. The van der Waals surface area contributed by atoms with Gasteiger partial charge in [-0.15, -0.1) is 0 Å². The number of para-hydroxylation sites is 2. The van der Waals surface area contributed by atoms with Gasteiger partial charge in [-0.05, 0) is 42.8 Å². The molecular weight excluding hydrogens is 349 g/mol. The number of carbonyl (C=O) groups is 1. The van der Waals surface area contributed by atoms with E-state index in [9.17, 15) is 9.18 Å². The van der Waals surface area contributed by atoms with Crippen molar-refractivity contribution in [1.82, 2.24) is 4.57 Å². The molecule has 0 bridgehead atoms. The van der Waals surface area contributed by atoms with E-state index < -0.39 is 0 Å². The van der Waals surface area contributed by atoms with Gasteiger partial charge in [0.2, 0.25) is 0 Å². The largest absolute Gasteiger partial charge is 0.340 e. The summed E-state index contributed by atoms with van der Waals surface area (Å²) in [4.78, 5) is 13.2. The van der Waals surface area contributed by atoms with Gasteiger partial charge in [0.15, 0.2) is 5.78 Å². The van der Waals surface area contributed by atoms with E-state index in [1.54, 1.807) is 12.1 Å². The third kappa shape index (κ3) is 3.33. The van der Waals surface area contributed by atoms with Crippen molar-refractivity contribution in [2.24, 2.45) is 0 Å². The van der Waals surface area contributed by atoms with Crippen molar-refractivity contribution >= 4 is 27.6 Å². The number of nitrogens with zero attached hydrogens (tertiary/aromatic N) is 1. The van der Waals surface area contributed by atoms with Crippen molar-refractivity contribution in [3.63, 3.8) is 0 Å². The Bertz CT molecular complexity index is 1120. The molecule has 0 spiro atoms. The van der Waals surface area contributed by atoms with Crippen LogP contribution in [-0.4, -0.2) is 10.4 Å². The molecule has 0 N–H and O–H groups in total. The van der Waals surface area contributed by atoms with E-state index in [4.69, 9.17) is 0 Å². The zero-order valence-corrected chi connectivity index (χ0v) is 16.1. The number of fused-ring (bicyclic) bond motifs is 3. The summed E-state index contributed by atoms with van der Waals surface area (Å²) in [7, 11) is 0. The summed E-state index contributed by atoms with van der Waals surface area (Å²) in [5, 5.41) is 2.26. The number of aromatic nitrogens is 1. The molecule has 0 aliphatic heterocycles. The fourth-order valence-electron chi connectivity index (χ4n) is 3.98. The van der Waals surface area contributed by atoms with Gasteiger partial charge in [-0.2, -0.15) is 0 Å². The molecule has 3 heteroatoms. The second-order valence-electron chi connectivity index (χ2n) is 7.27. The number of benzene rings is 3. The number of rotatable bonds is 7. The molecule has 0 atom stereocenters. The van der Waals surface area contributed by atoms with Crippen LogP contribution < -0.4 is 0 Å². The second kappa shape index (κ2) is 7.97. The van der Waals surface area contributed by atoms with Crippen LogP contribution >= 0.6 is 0 Å². The first kappa shape index (κ1) is 18.4. The predicted octanol–water partition coefficient (Wildman–Crippen LogP) is 6.74. The Hall–Kier alpha value is -2.94. The Morgan fingerprint density at radius 2 is 1.61 bits per heavy atom. The molecule has 3 aromatic carbocycles. The molecule has 0 fully saturated rings. The van der Waals surface area contributed by atoms with Gasteiger partial charge in [0, 0.05) is 34.0 Å². The number of halogens is 1. The minimum Gasteiger partial charge on any atom is -0.340 e. The minimum absolute atomic E-state index is 0.0665. The summed E-state index contributed by atoms with van der Waals surface area (Å²) < 4.78 is 15.6. The molecule has 1 aromatic heterocycles. The highest BCUT2D eigenvalue weighted by Gasteiger charge is 2.18. The van der Waals surface area contributed by atoms with Crippen molar-refractivity contribution in [2.75, 3.05) is 0 Å². The maximum absolute atomic E-state index is 13.3. The summed E-state index contributed by atoms with van der Waals surface area (Å²) in [6, 6.07) is 20.0. The number of unbranched alkanes of at least 4 members (excludes halogenated alkanes) is 3. The lowest BCUT2D eigenvalue weighted by Crippen LogP contribution is -2.06. The van der Waals surface area contributed by atoms with Crippen LogP contribution in [0.3, 0.4) is 0 Å². The van der Waals surface area contributed by atoms with Gasteiger partial charge in [-0.25, -0.2) is 4.39 Å². The molecule has 0 aliphatic carbocycles. The molecule has 0 aliphatic rings. The van der Waals surface area contributed by atoms with Gasteiger partial charge in [-0.3, -0.25) is 4.79 Å². The fraction of sp³-hybridized carbons (Fsp3) is 0.240. The predicted molar refractivity (Wildman–Crippen MR) is 113 cm³/mol. The summed E-state index contributed by atoms with van der Waals surface area (Å²) in [5.74, 6) is -0.400. The lowest BCUT2D eigenvalue weighted by atomic mass is 10.0. The number of hydrogen-bond acceptors (Lipinski definition) is 1. The molecule has 4 aromatic rings.